The molecule has 91 heavy (non-hydrogen) atoms. The van der Waals surface area contributed by atoms with Crippen molar-refractivity contribution >= 4 is 117 Å². The van der Waals surface area contributed by atoms with E-state index >= 15 is 0 Å². The van der Waals surface area contributed by atoms with Crippen molar-refractivity contribution in [2.24, 2.45) is 15.4 Å². The summed E-state index contributed by atoms with van der Waals surface area (Å²) in [4.78, 5) is 67.0. The number of benzene rings is 3. The lowest BCUT2D eigenvalue weighted by Crippen LogP contribution is -2.27. The maximum atomic E-state index is 12.5. The number of carbonyl (C=O) groups excluding carboxylic acids is 3. The van der Waals surface area contributed by atoms with E-state index in [-0.39, 0.29) is 66.7 Å². The van der Waals surface area contributed by atoms with Crippen molar-refractivity contribution in [2.45, 2.75) is 52.7 Å². The second-order valence-corrected chi connectivity index (χ2v) is 30.8. The fraction of sp³-hybridized carbons (Fsp3) is 0.196. The number of nitrogens with two attached hydrogens (primary N) is 3. The van der Waals surface area contributed by atoms with Gasteiger partial charge in [0.1, 0.15) is 0 Å². The Kier molecular flexibility index (Phi) is 24.4. The number of amides is 3. The van der Waals surface area contributed by atoms with Crippen LogP contribution in [0.5, 0.6) is 0 Å². The van der Waals surface area contributed by atoms with Gasteiger partial charge in [0.15, 0.2) is 28.0 Å². The summed E-state index contributed by atoms with van der Waals surface area (Å²) < 4.78 is 125. The third kappa shape index (κ3) is 21.8. The van der Waals surface area contributed by atoms with E-state index < -0.39 is 61.8 Å². The van der Waals surface area contributed by atoms with Gasteiger partial charge in [0.05, 0.1) is 64.9 Å². The van der Waals surface area contributed by atoms with Crippen LogP contribution in [0.2, 0.25) is 0 Å². The molecule has 6 aromatic heterocycles. The molecular formula is C56H60N12O15S8. The number of anilines is 3. The Hall–Kier alpha value is -8.04. The number of primary sulfonamides is 3. The maximum absolute atomic E-state index is 12.5. The normalized spacial score (nSPS) is 11.6. The van der Waals surface area contributed by atoms with Crippen LogP contribution in [-0.2, 0) is 84.0 Å². The number of rotatable bonds is 18. The van der Waals surface area contributed by atoms with Crippen molar-refractivity contribution in [3.05, 3.63) is 180 Å². The zero-order chi connectivity index (χ0) is 67.2. The first-order valence-corrected chi connectivity index (χ1v) is 36.5. The summed E-state index contributed by atoms with van der Waals surface area (Å²) in [5.74, 6) is -2.56. The molecule has 0 saturated heterocycles. The number of sulfonamides is 3. The molecule has 9 rings (SSSR count). The molecule has 0 fully saturated rings. The minimum absolute atomic E-state index is 0.0307. The summed E-state index contributed by atoms with van der Waals surface area (Å²) in [7, 11) is -15.4. The molecule has 0 bridgehead atoms. The molecule has 0 spiro atoms. The predicted molar refractivity (Wildman–Crippen MR) is 348 cm³/mol. The predicted octanol–water partition coefficient (Wildman–Crippen LogP) is 5.86. The number of carbonyl (C=O) groups is 3. The summed E-state index contributed by atoms with van der Waals surface area (Å²) in [5.41, 5.74) is 8.87. The van der Waals surface area contributed by atoms with E-state index in [1.165, 1.54) is 14.7 Å². The Bertz CT molecular complexity index is 4160. The van der Waals surface area contributed by atoms with Gasteiger partial charge in [-0.2, -0.15) is 16.8 Å². The molecule has 3 amide bonds. The number of likely N-dealkylation sites (N-methyl/N-ethyl adjacent to an activating group) is 3. The van der Waals surface area contributed by atoms with E-state index in [4.69, 9.17) is 24.5 Å². The van der Waals surface area contributed by atoms with E-state index in [1.807, 2.05) is 127 Å². The molecule has 8 N–H and O–H groups in total. The first-order chi connectivity index (χ1) is 42.5. The molecule has 0 aliphatic rings. The summed E-state index contributed by atoms with van der Waals surface area (Å²) in [6, 6.07) is 39.8. The number of hydrogen-bond acceptors (Lipinski definition) is 22. The zero-order valence-electron chi connectivity index (χ0n) is 49.1. The van der Waals surface area contributed by atoms with Gasteiger partial charge in [-0.05, 0) is 73.9 Å². The van der Waals surface area contributed by atoms with Crippen LogP contribution in [0.4, 0.5) is 15.4 Å². The van der Waals surface area contributed by atoms with Crippen LogP contribution >= 0.6 is 34.0 Å². The molecule has 482 valence electrons. The van der Waals surface area contributed by atoms with Crippen LogP contribution in [-0.4, -0.2) is 131 Å². The van der Waals surface area contributed by atoms with Gasteiger partial charge in [0.2, 0.25) is 47.8 Å². The van der Waals surface area contributed by atoms with Crippen LogP contribution in [0.3, 0.4) is 0 Å². The molecule has 0 atom stereocenters. The van der Waals surface area contributed by atoms with Gasteiger partial charge < -0.3 is 0 Å². The molecule has 35 heteroatoms. The van der Waals surface area contributed by atoms with Gasteiger partial charge in [-0.1, -0.05) is 125 Å². The Morgan fingerprint density at radius 2 is 0.626 bits per heavy atom. The number of nitrogens with zero attached hydrogens (tertiary/aromatic N) is 9. The topological polar surface area (TPSA) is 427 Å². The Morgan fingerprint density at radius 3 is 0.802 bits per heavy atom. The van der Waals surface area contributed by atoms with E-state index in [9.17, 15) is 56.5 Å². The molecular weight excluding hydrogens is 1340 g/mol. The molecule has 6 heterocycles. The smallest absolute Gasteiger partial charge is 0.265 e. The zero-order valence-corrected chi connectivity index (χ0v) is 55.6. The minimum Gasteiger partial charge on any atom is -0.291 e. The maximum Gasteiger partial charge on any atom is 0.265 e. The van der Waals surface area contributed by atoms with E-state index in [1.54, 1.807) is 60.5 Å². The molecule has 0 aliphatic carbocycles. The first kappa shape index (κ1) is 72.0. The second-order valence-electron chi connectivity index (χ2n) is 19.4. The highest BCUT2D eigenvalue weighted by atomic mass is 32.3. The van der Waals surface area contributed by atoms with Gasteiger partial charge >= 0.3 is 0 Å². The van der Waals surface area contributed by atoms with Crippen LogP contribution in [0.15, 0.2) is 159 Å². The number of thiazole rings is 3. The van der Waals surface area contributed by atoms with E-state index in [0.717, 1.165) is 84.5 Å². The largest absolute Gasteiger partial charge is 0.291 e. The summed E-state index contributed by atoms with van der Waals surface area (Å²) in [6.07, 6.45) is 5.70. The molecule has 9 aromatic rings. The lowest BCUT2D eigenvalue weighted by atomic mass is 10.1. The van der Waals surface area contributed by atoms with Crippen LogP contribution < -0.4 is 30.1 Å². The highest BCUT2D eigenvalue weighted by molar-refractivity contribution is 7.92. The van der Waals surface area contributed by atoms with Crippen molar-refractivity contribution in [1.29, 1.82) is 0 Å². The summed E-state index contributed by atoms with van der Waals surface area (Å²) >= 11 is 2.66. The van der Waals surface area contributed by atoms with Crippen LogP contribution in [0.25, 0.3) is 33.8 Å². The molecule has 0 unspecified atom stereocenters. The SMILES string of the molecule is Cc1nc(N(C)C(=O)Cc2ccc(-c3ccccn3)cc2)sc1S(N)(=O)=O.Cc1nc(N(C)C(=O)Cc2ccc(-c3ccccn3)cc2)sc1S(N)(=O)=O.Cc1nc(N(C)C(=O)Cc2ccc(-c3ccccn3)cc2)sc1S(N)(=O)=O.O=S(=O)(O)CCS(=O)(=O)O. The Balaban J connectivity index is 0.000000202. The third-order valence-electron chi connectivity index (χ3n) is 12.4. The fourth-order valence-corrected chi connectivity index (χ4v) is 15.2. The van der Waals surface area contributed by atoms with Gasteiger partial charge in [0.25, 0.3) is 20.2 Å². The number of hydrogen-bond donors (Lipinski definition) is 5. The Morgan fingerprint density at radius 1 is 0.396 bits per heavy atom. The van der Waals surface area contributed by atoms with Gasteiger partial charge in [-0.3, -0.25) is 53.1 Å². The fourth-order valence-electron chi connectivity index (χ4n) is 7.72. The minimum atomic E-state index is -4.30. The number of aromatic nitrogens is 6. The summed E-state index contributed by atoms with van der Waals surface area (Å²) in [5, 5.41) is 16.4. The molecule has 27 nitrogen and oxygen atoms in total. The quantitative estimate of drug-likeness (QED) is 0.0628. The second kappa shape index (κ2) is 30.9. The van der Waals surface area contributed by atoms with Crippen molar-refractivity contribution in [2.75, 3.05) is 47.3 Å². The average molecular weight is 1400 g/mol. The Labute approximate surface area is 538 Å². The lowest BCUT2D eigenvalue weighted by molar-refractivity contribution is -0.118. The van der Waals surface area contributed by atoms with Crippen molar-refractivity contribution < 1.29 is 65.6 Å². The third-order valence-corrected chi connectivity index (χ3v) is 22.5. The van der Waals surface area contributed by atoms with Crippen molar-refractivity contribution in [1.82, 2.24) is 29.9 Å². The molecule has 0 saturated carbocycles. The van der Waals surface area contributed by atoms with E-state index in [0.29, 0.717) is 15.4 Å². The number of aryl methyl sites for hydroxylation is 3. The molecule has 0 radical (unpaired) electrons. The van der Waals surface area contributed by atoms with E-state index in [2.05, 4.69) is 29.9 Å². The van der Waals surface area contributed by atoms with Gasteiger partial charge in [-0.25, -0.2) is 55.6 Å². The summed E-state index contributed by atoms with van der Waals surface area (Å²) in [6.45, 7) is 4.65. The van der Waals surface area contributed by atoms with Crippen molar-refractivity contribution in [3.8, 4) is 33.8 Å². The molecule has 3 aromatic carbocycles. The van der Waals surface area contributed by atoms with Crippen LogP contribution in [0, 0.1) is 20.8 Å². The standard InChI is InChI=1S/3C18H18N4O3S2.C2H6O6S2/c3*1-12-17(27(19,24)25)26-18(21-12)22(2)16(23)11-13-6-8-14(9-7-13)15-5-3-4-10-20-15;3-9(4,5)1-2-10(6,7)8/h3*3-10H,11H2,1-2H3,(H2,19,24,25);1-2H2,(H,3,4,5)(H,6,7,8). The monoisotopic (exact) mass is 1400 g/mol. The van der Waals surface area contributed by atoms with Gasteiger partial charge in [-0.15, -0.1) is 0 Å². The lowest BCUT2D eigenvalue weighted by Gasteiger charge is -2.13. The van der Waals surface area contributed by atoms with Crippen LogP contribution in [0.1, 0.15) is 33.8 Å². The number of pyridine rings is 3. The highest BCUT2D eigenvalue weighted by Crippen LogP contribution is 2.32. The van der Waals surface area contributed by atoms with Crippen molar-refractivity contribution in [3.63, 3.8) is 0 Å². The molecule has 0 aliphatic heterocycles. The van der Waals surface area contributed by atoms with Gasteiger partial charge in [0, 0.05) is 56.4 Å². The highest BCUT2D eigenvalue weighted by Gasteiger charge is 2.26. The first-order valence-electron chi connectivity index (χ1n) is 26.2. The average Bonchev–Trinajstić information content (AvgIpc) is 1.93.